The Bertz CT molecular complexity index is 839. The number of hydrogen-bond donors (Lipinski definition) is 0. The second kappa shape index (κ2) is 8.24. The van der Waals surface area contributed by atoms with E-state index in [2.05, 4.69) is 33.9 Å². The van der Waals surface area contributed by atoms with Crippen molar-refractivity contribution in [2.45, 2.75) is 70.9 Å². The van der Waals surface area contributed by atoms with Crippen LogP contribution in [0.25, 0.3) is 0 Å². The quantitative estimate of drug-likeness (QED) is 0.482. The largest absolute Gasteiger partial charge is 0.497 e. The van der Waals surface area contributed by atoms with Gasteiger partial charge in [0.25, 0.3) is 0 Å². The Hall–Kier alpha value is -1.86. The first-order valence-corrected chi connectivity index (χ1v) is 14.3. The van der Waals surface area contributed by atoms with Crippen molar-refractivity contribution in [3.63, 3.8) is 0 Å². The van der Waals surface area contributed by atoms with Gasteiger partial charge in [0.05, 0.1) is 25.7 Å². The van der Waals surface area contributed by atoms with Crippen molar-refractivity contribution in [3.8, 4) is 5.75 Å². The van der Waals surface area contributed by atoms with E-state index in [-0.39, 0.29) is 29.6 Å². The molecule has 0 aromatic heterocycles. The molecule has 172 valence electrons. The normalized spacial score (nSPS) is 30.8. The van der Waals surface area contributed by atoms with Crippen LogP contribution in [0.2, 0.25) is 19.1 Å². The number of methoxy groups -OCH3 is 2. The zero-order valence-corrected chi connectivity index (χ0v) is 21.2. The summed E-state index contributed by atoms with van der Waals surface area (Å²) in [7, 11) is 0.993. The fourth-order valence-corrected chi connectivity index (χ4v) is 8.28. The minimum absolute atomic E-state index is 0.0132. The Morgan fingerprint density at radius 3 is 2.35 bits per heavy atom. The van der Waals surface area contributed by atoms with Gasteiger partial charge in [0.15, 0.2) is 13.9 Å². The van der Waals surface area contributed by atoms with E-state index in [1.54, 1.807) is 12.0 Å². The van der Waals surface area contributed by atoms with Gasteiger partial charge in [-0.15, -0.1) is 0 Å². The minimum Gasteiger partial charge on any atom is -0.497 e. The van der Waals surface area contributed by atoms with E-state index in [1.165, 1.54) is 7.11 Å². The average molecular weight is 448 g/mol. The van der Waals surface area contributed by atoms with Gasteiger partial charge in [-0.05, 0) is 62.0 Å². The molecule has 6 nitrogen and oxygen atoms in total. The van der Waals surface area contributed by atoms with Crippen molar-refractivity contribution in [2.75, 3.05) is 14.2 Å². The number of esters is 1. The van der Waals surface area contributed by atoms with Crippen LogP contribution in [0, 0.1) is 17.8 Å². The van der Waals surface area contributed by atoms with Crippen LogP contribution in [0.15, 0.2) is 24.3 Å². The van der Waals surface area contributed by atoms with Crippen LogP contribution in [0.1, 0.15) is 39.7 Å². The molecule has 31 heavy (non-hydrogen) atoms. The summed E-state index contributed by atoms with van der Waals surface area (Å²) in [5, 5.41) is 0. The first-order chi connectivity index (χ1) is 14.4. The molecule has 3 rings (SSSR count). The molecule has 2 aliphatic rings. The van der Waals surface area contributed by atoms with Crippen molar-refractivity contribution in [3.05, 3.63) is 29.8 Å². The highest BCUT2D eigenvalue weighted by atomic mass is 28.4. The van der Waals surface area contributed by atoms with Gasteiger partial charge in [0.1, 0.15) is 5.75 Å². The van der Waals surface area contributed by atoms with Gasteiger partial charge in [0.2, 0.25) is 5.91 Å². The molecule has 2 saturated heterocycles. The number of fused-ring (bicyclic) bond motifs is 1. The van der Waals surface area contributed by atoms with Gasteiger partial charge < -0.3 is 18.8 Å². The second-order valence-corrected chi connectivity index (χ2v) is 14.3. The van der Waals surface area contributed by atoms with Crippen molar-refractivity contribution >= 4 is 20.2 Å². The molecule has 2 heterocycles. The SMILES string of the molecule is COC(=O)[C@]1([C@@H](C)C(C)C)N(Cc2ccc(OC)cc2)C(=O)[C@@H]2CC[Si](C)(C)O[C@@]21C. The Balaban J connectivity index is 2.20. The Labute approximate surface area is 187 Å². The lowest BCUT2D eigenvalue weighted by molar-refractivity contribution is -0.179. The van der Waals surface area contributed by atoms with E-state index in [4.69, 9.17) is 13.9 Å². The lowest BCUT2D eigenvalue weighted by Gasteiger charge is -2.54. The maximum absolute atomic E-state index is 13.9. The van der Waals surface area contributed by atoms with Crippen LogP contribution in [0.5, 0.6) is 5.75 Å². The average Bonchev–Trinajstić information content (AvgIpc) is 2.89. The number of benzene rings is 1. The number of rotatable bonds is 6. The van der Waals surface area contributed by atoms with E-state index < -0.39 is 19.5 Å². The van der Waals surface area contributed by atoms with Crippen LogP contribution in [-0.2, 0) is 25.3 Å². The maximum Gasteiger partial charge on any atom is 0.335 e. The molecule has 2 aliphatic heterocycles. The molecule has 0 radical (unpaired) electrons. The van der Waals surface area contributed by atoms with E-state index >= 15 is 0 Å². The summed E-state index contributed by atoms with van der Waals surface area (Å²) in [6, 6.07) is 8.55. The molecule has 1 aromatic rings. The minimum atomic E-state index is -2.04. The zero-order valence-electron chi connectivity index (χ0n) is 20.2. The molecule has 0 aliphatic carbocycles. The summed E-state index contributed by atoms with van der Waals surface area (Å²) in [6.45, 7) is 12.9. The van der Waals surface area contributed by atoms with Crippen LogP contribution in [0.3, 0.4) is 0 Å². The van der Waals surface area contributed by atoms with Crippen LogP contribution < -0.4 is 4.74 Å². The molecule has 1 aromatic carbocycles. The van der Waals surface area contributed by atoms with E-state index in [9.17, 15) is 9.59 Å². The summed E-state index contributed by atoms with van der Waals surface area (Å²) >= 11 is 0. The molecular formula is C24H37NO5Si. The predicted octanol–water partition coefficient (Wildman–Crippen LogP) is 4.24. The third-order valence-electron chi connectivity index (χ3n) is 7.59. The third-order valence-corrected chi connectivity index (χ3v) is 10.1. The molecule has 2 fully saturated rings. The van der Waals surface area contributed by atoms with Gasteiger partial charge >= 0.3 is 5.97 Å². The topological polar surface area (TPSA) is 65.1 Å². The molecular weight excluding hydrogens is 410 g/mol. The third kappa shape index (κ3) is 3.59. The van der Waals surface area contributed by atoms with E-state index in [0.717, 1.165) is 23.8 Å². The van der Waals surface area contributed by atoms with Crippen LogP contribution in [-0.4, -0.2) is 50.5 Å². The molecule has 0 spiro atoms. The standard InChI is InChI=1S/C24H37NO5Si/c1-16(2)17(3)24(22(27)29-6)23(4)20(13-14-31(7,8)30-23)21(26)25(24)15-18-9-11-19(28-5)12-10-18/h9-12,16-17,20H,13-15H2,1-8H3/t17-,20-,23-,24-/m0/s1. The summed E-state index contributed by atoms with van der Waals surface area (Å²) < 4.78 is 17.5. The van der Waals surface area contributed by atoms with Crippen molar-refractivity contribution in [1.82, 2.24) is 4.90 Å². The molecule has 0 unspecified atom stereocenters. The van der Waals surface area contributed by atoms with Crippen molar-refractivity contribution in [2.24, 2.45) is 17.8 Å². The number of likely N-dealkylation sites (tertiary alicyclic amines) is 1. The highest BCUT2D eigenvalue weighted by Gasteiger charge is 2.75. The van der Waals surface area contributed by atoms with Gasteiger partial charge in [-0.1, -0.05) is 32.9 Å². The fourth-order valence-electron chi connectivity index (χ4n) is 5.75. The molecule has 0 N–H and O–H groups in total. The summed E-state index contributed by atoms with van der Waals surface area (Å²) in [6.07, 6.45) is 0.747. The molecule has 0 bridgehead atoms. The molecule has 7 heteroatoms. The summed E-state index contributed by atoms with van der Waals surface area (Å²) in [5.41, 5.74) is -1.18. The smallest absolute Gasteiger partial charge is 0.335 e. The molecule has 1 amide bonds. The lowest BCUT2D eigenvalue weighted by atomic mass is 9.65. The van der Waals surface area contributed by atoms with Crippen molar-refractivity contribution in [1.29, 1.82) is 0 Å². The summed E-state index contributed by atoms with van der Waals surface area (Å²) in [4.78, 5) is 29.3. The predicted molar refractivity (Wildman–Crippen MR) is 122 cm³/mol. The number of carbonyl (C=O) groups is 2. The molecule has 0 saturated carbocycles. The second-order valence-electron chi connectivity index (χ2n) is 10.1. The van der Waals surface area contributed by atoms with Gasteiger partial charge in [-0.3, -0.25) is 4.79 Å². The van der Waals surface area contributed by atoms with E-state index in [0.29, 0.717) is 6.54 Å². The highest BCUT2D eigenvalue weighted by Crippen LogP contribution is 2.57. The Morgan fingerprint density at radius 2 is 1.84 bits per heavy atom. The van der Waals surface area contributed by atoms with Gasteiger partial charge in [-0.2, -0.15) is 0 Å². The van der Waals surface area contributed by atoms with E-state index in [1.807, 2.05) is 31.2 Å². The first kappa shape index (κ1) is 23.8. The summed E-state index contributed by atoms with van der Waals surface area (Å²) in [5.74, 6) is -0.00117. The number of hydrogen-bond acceptors (Lipinski definition) is 5. The number of nitrogens with zero attached hydrogens (tertiary/aromatic N) is 1. The maximum atomic E-state index is 13.9. The van der Waals surface area contributed by atoms with Crippen LogP contribution in [0.4, 0.5) is 0 Å². The number of carbonyl (C=O) groups excluding carboxylic acids is 2. The number of ether oxygens (including phenoxy) is 2. The molecule has 4 atom stereocenters. The van der Waals surface area contributed by atoms with Gasteiger partial charge in [0, 0.05) is 6.54 Å². The van der Waals surface area contributed by atoms with Crippen molar-refractivity contribution < 1.29 is 23.5 Å². The monoisotopic (exact) mass is 447 g/mol. The fraction of sp³-hybridized carbons (Fsp3) is 0.667. The Morgan fingerprint density at radius 1 is 1.23 bits per heavy atom. The first-order valence-electron chi connectivity index (χ1n) is 11.2. The zero-order chi connectivity index (χ0) is 23.2. The Kier molecular flexibility index (Phi) is 6.33. The van der Waals surface area contributed by atoms with Crippen LogP contribution >= 0.6 is 0 Å². The number of amides is 1. The highest BCUT2D eigenvalue weighted by molar-refractivity contribution is 6.71. The van der Waals surface area contributed by atoms with Gasteiger partial charge in [-0.25, -0.2) is 4.79 Å². The lowest BCUT2D eigenvalue weighted by Crippen LogP contribution is -2.71.